The quantitative estimate of drug-likeness (QED) is 0.883. The van der Waals surface area contributed by atoms with Gasteiger partial charge in [-0.15, -0.1) is 0 Å². The van der Waals surface area contributed by atoms with E-state index in [0.717, 1.165) is 25.7 Å². The second kappa shape index (κ2) is 5.44. The molecule has 19 heavy (non-hydrogen) atoms. The van der Waals surface area contributed by atoms with E-state index in [0.29, 0.717) is 16.5 Å². The van der Waals surface area contributed by atoms with Crippen LogP contribution in [0.4, 0.5) is 0 Å². The van der Waals surface area contributed by atoms with Gasteiger partial charge in [-0.25, -0.2) is 0 Å². The van der Waals surface area contributed by atoms with Crippen molar-refractivity contribution in [3.8, 4) is 6.07 Å². The fourth-order valence-electron chi connectivity index (χ4n) is 2.51. The van der Waals surface area contributed by atoms with E-state index in [9.17, 15) is 4.79 Å². The second-order valence-corrected chi connectivity index (χ2v) is 6.10. The van der Waals surface area contributed by atoms with Crippen LogP contribution in [-0.4, -0.2) is 11.9 Å². The van der Waals surface area contributed by atoms with E-state index in [2.05, 4.69) is 25.2 Å². The third kappa shape index (κ3) is 3.57. The largest absolute Gasteiger partial charge is 0.349 e. The lowest BCUT2D eigenvalue weighted by Crippen LogP contribution is -2.39. The summed E-state index contributed by atoms with van der Waals surface area (Å²) in [6.07, 6.45) is 4.42. The van der Waals surface area contributed by atoms with Crippen molar-refractivity contribution in [3.05, 3.63) is 35.4 Å². The van der Waals surface area contributed by atoms with Crippen molar-refractivity contribution in [2.45, 2.75) is 45.6 Å². The van der Waals surface area contributed by atoms with Gasteiger partial charge in [0.25, 0.3) is 5.91 Å². The van der Waals surface area contributed by atoms with Crippen LogP contribution in [0.15, 0.2) is 24.3 Å². The first-order valence-corrected chi connectivity index (χ1v) is 6.81. The van der Waals surface area contributed by atoms with E-state index < -0.39 is 0 Å². The zero-order valence-electron chi connectivity index (χ0n) is 11.6. The number of nitrogens with one attached hydrogen (secondary N) is 1. The molecule has 1 aliphatic carbocycles. The number of hydrogen-bond donors (Lipinski definition) is 1. The number of rotatable bonds is 2. The molecule has 0 spiro atoms. The van der Waals surface area contributed by atoms with Crippen LogP contribution >= 0.6 is 0 Å². The SMILES string of the molecule is CC1(C)CCC(NC(=O)c2ccc(C#N)cc2)CC1. The summed E-state index contributed by atoms with van der Waals surface area (Å²) in [4.78, 5) is 12.1. The molecule has 3 nitrogen and oxygen atoms in total. The highest BCUT2D eigenvalue weighted by Gasteiger charge is 2.27. The first-order chi connectivity index (χ1) is 9.00. The highest BCUT2D eigenvalue weighted by atomic mass is 16.1. The molecule has 0 radical (unpaired) electrons. The van der Waals surface area contributed by atoms with Crippen LogP contribution in [0.3, 0.4) is 0 Å². The van der Waals surface area contributed by atoms with Gasteiger partial charge in [0.2, 0.25) is 0 Å². The molecule has 3 heteroatoms. The fourth-order valence-corrected chi connectivity index (χ4v) is 2.51. The Hall–Kier alpha value is -1.82. The number of carbonyl (C=O) groups is 1. The number of carbonyl (C=O) groups excluding carboxylic acids is 1. The van der Waals surface area contributed by atoms with E-state index in [-0.39, 0.29) is 11.9 Å². The van der Waals surface area contributed by atoms with Crippen LogP contribution in [0.2, 0.25) is 0 Å². The average Bonchev–Trinajstić information content (AvgIpc) is 2.41. The van der Waals surface area contributed by atoms with Crippen molar-refractivity contribution in [2.75, 3.05) is 0 Å². The van der Waals surface area contributed by atoms with E-state index in [1.807, 2.05) is 0 Å². The van der Waals surface area contributed by atoms with Gasteiger partial charge in [0, 0.05) is 11.6 Å². The second-order valence-electron chi connectivity index (χ2n) is 6.10. The van der Waals surface area contributed by atoms with E-state index >= 15 is 0 Å². The first-order valence-electron chi connectivity index (χ1n) is 6.81. The maximum atomic E-state index is 12.1. The standard InChI is InChI=1S/C16H20N2O/c1-16(2)9-7-14(8-10-16)18-15(19)13-5-3-12(11-17)4-6-13/h3-6,14H,7-10H2,1-2H3,(H,18,19). The number of nitriles is 1. The predicted molar refractivity (Wildman–Crippen MR) is 74.7 cm³/mol. The summed E-state index contributed by atoms with van der Waals surface area (Å²) in [5.41, 5.74) is 1.62. The van der Waals surface area contributed by atoms with Gasteiger partial charge in [0.05, 0.1) is 11.6 Å². The van der Waals surface area contributed by atoms with Crippen molar-refractivity contribution < 1.29 is 4.79 Å². The molecule has 0 unspecified atom stereocenters. The maximum Gasteiger partial charge on any atom is 0.251 e. The Kier molecular flexibility index (Phi) is 3.90. The molecule has 1 saturated carbocycles. The Morgan fingerprint density at radius 3 is 2.37 bits per heavy atom. The minimum Gasteiger partial charge on any atom is -0.349 e. The predicted octanol–water partition coefficient (Wildman–Crippen LogP) is 3.26. The Morgan fingerprint density at radius 2 is 1.84 bits per heavy atom. The first kappa shape index (κ1) is 13.6. The zero-order chi connectivity index (χ0) is 13.9. The fraction of sp³-hybridized carbons (Fsp3) is 0.500. The molecule has 0 aromatic heterocycles. The van der Waals surface area contributed by atoms with Crippen LogP contribution in [0.25, 0.3) is 0 Å². The lowest BCUT2D eigenvalue weighted by Gasteiger charge is -2.34. The van der Waals surface area contributed by atoms with Gasteiger partial charge in [0.15, 0.2) is 0 Å². The summed E-state index contributed by atoms with van der Waals surface area (Å²) in [6.45, 7) is 4.57. The number of nitrogens with zero attached hydrogens (tertiary/aromatic N) is 1. The zero-order valence-corrected chi connectivity index (χ0v) is 11.6. The van der Waals surface area contributed by atoms with Crippen molar-refractivity contribution >= 4 is 5.91 Å². The van der Waals surface area contributed by atoms with Gasteiger partial charge < -0.3 is 5.32 Å². The van der Waals surface area contributed by atoms with Crippen molar-refractivity contribution in [3.63, 3.8) is 0 Å². The Morgan fingerprint density at radius 1 is 1.26 bits per heavy atom. The lowest BCUT2D eigenvalue weighted by molar-refractivity contribution is 0.0909. The van der Waals surface area contributed by atoms with Crippen LogP contribution < -0.4 is 5.32 Å². The summed E-state index contributed by atoms with van der Waals surface area (Å²) < 4.78 is 0. The third-order valence-electron chi connectivity index (χ3n) is 3.95. The summed E-state index contributed by atoms with van der Waals surface area (Å²) >= 11 is 0. The Bertz CT molecular complexity index is 486. The molecule has 1 aromatic rings. The number of benzene rings is 1. The van der Waals surface area contributed by atoms with Crippen LogP contribution in [0.1, 0.15) is 55.5 Å². The normalized spacial score (nSPS) is 18.6. The molecule has 1 aromatic carbocycles. The molecule has 0 heterocycles. The number of amides is 1. The van der Waals surface area contributed by atoms with Gasteiger partial charge in [-0.3, -0.25) is 4.79 Å². The summed E-state index contributed by atoms with van der Waals surface area (Å²) in [5.74, 6) is -0.0332. The minimum atomic E-state index is -0.0332. The smallest absolute Gasteiger partial charge is 0.251 e. The van der Waals surface area contributed by atoms with Gasteiger partial charge >= 0.3 is 0 Å². The molecule has 0 saturated heterocycles. The van der Waals surface area contributed by atoms with Gasteiger partial charge in [-0.1, -0.05) is 13.8 Å². The van der Waals surface area contributed by atoms with Crippen molar-refractivity contribution in [1.29, 1.82) is 5.26 Å². The molecule has 1 amide bonds. The molecule has 1 fully saturated rings. The highest BCUT2D eigenvalue weighted by molar-refractivity contribution is 5.94. The topological polar surface area (TPSA) is 52.9 Å². The molecule has 1 aliphatic rings. The van der Waals surface area contributed by atoms with E-state index in [1.54, 1.807) is 24.3 Å². The van der Waals surface area contributed by atoms with Gasteiger partial charge in [-0.05, 0) is 55.4 Å². The Balaban J connectivity index is 1.92. The van der Waals surface area contributed by atoms with Crippen molar-refractivity contribution in [2.24, 2.45) is 5.41 Å². The summed E-state index contributed by atoms with van der Waals surface area (Å²) in [6, 6.07) is 9.12. The third-order valence-corrected chi connectivity index (χ3v) is 3.95. The molecular formula is C16H20N2O. The van der Waals surface area contributed by atoms with Crippen LogP contribution in [0.5, 0.6) is 0 Å². The Labute approximate surface area is 114 Å². The maximum absolute atomic E-state index is 12.1. The molecule has 0 atom stereocenters. The molecule has 1 N–H and O–H groups in total. The molecule has 2 rings (SSSR count). The molecule has 0 aliphatic heterocycles. The summed E-state index contributed by atoms with van der Waals surface area (Å²) in [5, 5.41) is 11.8. The van der Waals surface area contributed by atoms with E-state index in [1.165, 1.54) is 0 Å². The van der Waals surface area contributed by atoms with Crippen LogP contribution in [0, 0.1) is 16.7 Å². The molecule has 0 bridgehead atoms. The van der Waals surface area contributed by atoms with Gasteiger partial charge in [-0.2, -0.15) is 5.26 Å². The monoisotopic (exact) mass is 256 g/mol. The van der Waals surface area contributed by atoms with Crippen LogP contribution in [-0.2, 0) is 0 Å². The molecule has 100 valence electrons. The molecular weight excluding hydrogens is 236 g/mol. The van der Waals surface area contributed by atoms with Gasteiger partial charge in [0.1, 0.15) is 0 Å². The number of hydrogen-bond acceptors (Lipinski definition) is 2. The average molecular weight is 256 g/mol. The van der Waals surface area contributed by atoms with E-state index in [4.69, 9.17) is 5.26 Å². The highest BCUT2D eigenvalue weighted by Crippen LogP contribution is 2.35. The lowest BCUT2D eigenvalue weighted by atomic mass is 9.75. The minimum absolute atomic E-state index is 0.0332. The van der Waals surface area contributed by atoms with Crippen molar-refractivity contribution in [1.82, 2.24) is 5.32 Å². The summed E-state index contributed by atoms with van der Waals surface area (Å²) in [7, 11) is 0.